The minimum atomic E-state index is -3.05. The summed E-state index contributed by atoms with van der Waals surface area (Å²) in [5.74, 6) is -0.100. The summed E-state index contributed by atoms with van der Waals surface area (Å²) in [5.41, 5.74) is 1.27. The molecule has 1 aromatic rings. The molecular formula is C16H24N2O3S. The van der Waals surface area contributed by atoms with Crippen molar-refractivity contribution >= 4 is 15.7 Å². The summed E-state index contributed by atoms with van der Waals surface area (Å²) in [7, 11) is -3.05. The van der Waals surface area contributed by atoms with Gasteiger partial charge in [-0.15, -0.1) is 0 Å². The highest BCUT2D eigenvalue weighted by molar-refractivity contribution is 7.89. The Morgan fingerprint density at radius 2 is 2.00 bits per heavy atom. The first-order chi connectivity index (χ1) is 10.4. The molecule has 0 aromatic heterocycles. The number of amides is 1. The van der Waals surface area contributed by atoms with Gasteiger partial charge in [0, 0.05) is 24.4 Å². The predicted octanol–water partition coefficient (Wildman–Crippen LogP) is 1.45. The van der Waals surface area contributed by atoms with E-state index >= 15 is 0 Å². The van der Waals surface area contributed by atoms with Crippen molar-refractivity contribution in [2.45, 2.75) is 31.6 Å². The van der Waals surface area contributed by atoms with Crippen LogP contribution in [0.15, 0.2) is 24.3 Å². The third kappa shape index (κ3) is 4.81. The van der Waals surface area contributed by atoms with Gasteiger partial charge in [0.25, 0.3) is 5.91 Å². The lowest BCUT2D eigenvalue weighted by molar-refractivity contribution is 0.0941. The molecule has 1 unspecified atom stereocenters. The number of likely N-dealkylation sites (tertiary alicyclic amines) is 1. The van der Waals surface area contributed by atoms with Crippen LogP contribution in [-0.4, -0.2) is 51.2 Å². The van der Waals surface area contributed by atoms with Crippen LogP contribution >= 0.6 is 0 Å². The fraction of sp³-hybridized carbons (Fsp3) is 0.562. The molecule has 0 bridgehead atoms. The van der Waals surface area contributed by atoms with Crippen LogP contribution in [0.25, 0.3) is 0 Å². The summed E-state index contributed by atoms with van der Waals surface area (Å²) < 4.78 is 22.5. The van der Waals surface area contributed by atoms with Gasteiger partial charge in [-0.1, -0.05) is 19.1 Å². The number of rotatable bonds is 6. The standard InChI is InChI=1S/C16H24N2O3S/c1-3-18-10-4-5-15(18)11-17-16(19)14-8-6-13(7-9-14)12-22(2,20)21/h6-9,15H,3-5,10-12H2,1-2H3,(H,17,19). The molecule has 6 heteroatoms. The number of likely N-dealkylation sites (N-methyl/N-ethyl adjacent to an activating group) is 1. The maximum absolute atomic E-state index is 12.1. The SMILES string of the molecule is CCN1CCCC1CNC(=O)c1ccc(CS(C)(=O)=O)cc1. The van der Waals surface area contributed by atoms with Crippen LogP contribution in [0.5, 0.6) is 0 Å². The van der Waals surface area contributed by atoms with E-state index in [-0.39, 0.29) is 11.7 Å². The number of sulfone groups is 1. The van der Waals surface area contributed by atoms with Crippen LogP contribution in [0, 0.1) is 0 Å². The Bertz CT molecular complexity index is 611. The van der Waals surface area contributed by atoms with E-state index in [1.54, 1.807) is 24.3 Å². The Labute approximate surface area is 132 Å². The van der Waals surface area contributed by atoms with Gasteiger partial charge in [-0.3, -0.25) is 9.69 Å². The minimum absolute atomic E-state index is 0.00241. The van der Waals surface area contributed by atoms with Crippen molar-refractivity contribution in [3.63, 3.8) is 0 Å². The van der Waals surface area contributed by atoms with Crippen LogP contribution < -0.4 is 5.32 Å². The zero-order valence-electron chi connectivity index (χ0n) is 13.2. The Balaban J connectivity index is 1.90. The van der Waals surface area contributed by atoms with Crippen molar-refractivity contribution in [3.05, 3.63) is 35.4 Å². The van der Waals surface area contributed by atoms with Gasteiger partial charge < -0.3 is 5.32 Å². The molecule has 1 saturated heterocycles. The highest BCUT2D eigenvalue weighted by Gasteiger charge is 2.23. The monoisotopic (exact) mass is 324 g/mol. The quantitative estimate of drug-likeness (QED) is 0.860. The van der Waals surface area contributed by atoms with Crippen molar-refractivity contribution in [1.82, 2.24) is 10.2 Å². The molecule has 1 amide bonds. The van der Waals surface area contributed by atoms with Crippen molar-refractivity contribution in [3.8, 4) is 0 Å². The summed E-state index contributed by atoms with van der Waals surface area (Å²) in [4.78, 5) is 14.5. The molecule has 0 spiro atoms. The smallest absolute Gasteiger partial charge is 0.251 e. The molecule has 0 saturated carbocycles. The number of nitrogens with one attached hydrogen (secondary N) is 1. The zero-order valence-corrected chi connectivity index (χ0v) is 14.0. The molecule has 1 fully saturated rings. The Morgan fingerprint density at radius 1 is 1.32 bits per heavy atom. The second-order valence-corrected chi connectivity index (χ2v) is 8.04. The molecule has 0 aliphatic carbocycles. The van der Waals surface area contributed by atoms with Crippen LogP contribution in [0.3, 0.4) is 0 Å². The number of carbonyl (C=O) groups is 1. The van der Waals surface area contributed by atoms with Gasteiger partial charge in [0.1, 0.15) is 0 Å². The highest BCUT2D eigenvalue weighted by atomic mass is 32.2. The first-order valence-corrected chi connectivity index (χ1v) is 9.74. The average molecular weight is 324 g/mol. The molecule has 2 rings (SSSR count). The van der Waals surface area contributed by atoms with Crippen molar-refractivity contribution < 1.29 is 13.2 Å². The van der Waals surface area contributed by atoms with E-state index in [4.69, 9.17) is 0 Å². The lowest BCUT2D eigenvalue weighted by atomic mass is 10.1. The Kier molecular flexibility index (Phi) is 5.58. The zero-order chi connectivity index (χ0) is 16.2. The van der Waals surface area contributed by atoms with Crippen molar-refractivity contribution in [2.24, 2.45) is 0 Å². The second-order valence-electron chi connectivity index (χ2n) is 5.90. The summed E-state index contributed by atoms with van der Waals surface area (Å²) in [5, 5.41) is 2.97. The van der Waals surface area contributed by atoms with E-state index in [9.17, 15) is 13.2 Å². The summed E-state index contributed by atoms with van der Waals surface area (Å²) in [6.45, 7) is 4.93. The average Bonchev–Trinajstić information content (AvgIpc) is 2.91. The number of carbonyl (C=O) groups excluding carboxylic acids is 1. The van der Waals surface area contributed by atoms with Crippen LogP contribution in [0.2, 0.25) is 0 Å². The molecular weight excluding hydrogens is 300 g/mol. The molecule has 1 atom stereocenters. The van der Waals surface area contributed by atoms with E-state index in [1.165, 1.54) is 12.7 Å². The lowest BCUT2D eigenvalue weighted by Crippen LogP contribution is -2.40. The van der Waals surface area contributed by atoms with Crippen LogP contribution in [-0.2, 0) is 15.6 Å². The van der Waals surface area contributed by atoms with Gasteiger partial charge in [-0.2, -0.15) is 0 Å². The van der Waals surface area contributed by atoms with Gasteiger partial charge in [-0.25, -0.2) is 8.42 Å². The molecule has 122 valence electrons. The molecule has 1 aliphatic rings. The third-order valence-electron chi connectivity index (χ3n) is 4.05. The van der Waals surface area contributed by atoms with Gasteiger partial charge in [0.15, 0.2) is 9.84 Å². The Morgan fingerprint density at radius 3 is 2.59 bits per heavy atom. The Hall–Kier alpha value is -1.40. The molecule has 0 radical (unpaired) electrons. The molecule has 22 heavy (non-hydrogen) atoms. The van der Waals surface area contributed by atoms with E-state index < -0.39 is 9.84 Å². The molecule has 1 heterocycles. The first-order valence-electron chi connectivity index (χ1n) is 7.68. The number of nitrogens with zero attached hydrogens (tertiary/aromatic N) is 1. The summed E-state index contributed by atoms with van der Waals surface area (Å²) in [6.07, 6.45) is 3.52. The normalized spacial score (nSPS) is 19.3. The third-order valence-corrected chi connectivity index (χ3v) is 4.91. The van der Waals surface area contributed by atoms with Crippen LogP contribution in [0.1, 0.15) is 35.7 Å². The summed E-state index contributed by atoms with van der Waals surface area (Å²) in [6, 6.07) is 7.19. The molecule has 1 N–H and O–H groups in total. The largest absolute Gasteiger partial charge is 0.350 e. The highest BCUT2D eigenvalue weighted by Crippen LogP contribution is 2.16. The molecule has 5 nitrogen and oxygen atoms in total. The van der Waals surface area contributed by atoms with Crippen molar-refractivity contribution in [2.75, 3.05) is 25.9 Å². The second kappa shape index (κ2) is 7.24. The molecule has 1 aliphatic heterocycles. The van der Waals surface area contributed by atoms with Gasteiger partial charge >= 0.3 is 0 Å². The first kappa shape index (κ1) is 17.0. The van der Waals surface area contributed by atoms with E-state index in [2.05, 4.69) is 17.1 Å². The van der Waals surface area contributed by atoms with E-state index in [0.717, 1.165) is 19.5 Å². The van der Waals surface area contributed by atoms with Gasteiger partial charge in [0.2, 0.25) is 0 Å². The van der Waals surface area contributed by atoms with E-state index in [1.807, 2.05) is 0 Å². The number of hydrogen-bond donors (Lipinski definition) is 1. The summed E-state index contributed by atoms with van der Waals surface area (Å²) >= 11 is 0. The topological polar surface area (TPSA) is 66.5 Å². The lowest BCUT2D eigenvalue weighted by Gasteiger charge is -2.22. The minimum Gasteiger partial charge on any atom is -0.350 e. The fourth-order valence-corrected chi connectivity index (χ4v) is 3.71. The predicted molar refractivity (Wildman–Crippen MR) is 87.6 cm³/mol. The number of benzene rings is 1. The van der Waals surface area contributed by atoms with Crippen LogP contribution in [0.4, 0.5) is 0 Å². The molecule has 1 aromatic carbocycles. The van der Waals surface area contributed by atoms with Gasteiger partial charge in [-0.05, 0) is 43.6 Å². The fourth-order valence-electron chi connectivity index (χ4n) is 2.91. The van der Waals surface area contributed by atoms with Crippen molar-refractivity contribution in [1.29, 1.82) is 0 Å². The van der Waals surface area contributed by atoms with E-state index in [0.29, 0.717) is 23.7 Å². The number of hydrogen-bond acceptors (Lipinski definition) is 4. The van der Waals surface area contributed by atoms with Gasteiger partial charge in [0.05, 0.1) is 5.75 Å². The maximum atomic E-state index is 12.1. The maximum Gasteiger partial charge on any atom is 0.251 e.